The van der Waals surface area contributed by atoms with E-state index in [4.69, 9.17) is 4.74 Å². The van der Waals surface area contributed by atoms with Crippen LogP contribution in [-0.4, -0.2) is 17.2 Å². The van der Waals surface area contributed by atoms with Crippen molar-refractivity contribution in [2.24, 2.45) is 0 Å². The summed E-state index contributed by atoms with van der Waals surface area (Å²) in [4.78, 5) is 10.8. The number of carbonyl (C=O) groups excluding carboxylic acids is 1. The lowest BCUT2D eigenvalue weighted by Crippen LogP contribution is -2.19. The van der Waals surface area contributed by atoms with Crippen molar-refractivity contribution in [3.8, 4) is 0 Å². The molecule has 2 unspecified atom stereocenters. The number of rotatable bonds is 2. The van der Waals surface area contributed by atoms with Crippen LogP contribution in [0.25, 0.3) is 0 Å². The van der Waals surface area contributed by atoms with Gasteiger partial charge in [0, 0.05) is 11.6 Å². The van der Waals surface area contributed by atoms with E-state index in [9.17, 15) is 14.3 Å². The highest BCUT2D eigenvalue weighted by Crippen LogP contribution is 2.25. The third-order valence-corrected chi connectivity index (χ3v) is 2.21. The second-order valence-corrected chi connectivity index (χ2v) is 3.23. The Labute approximate surface area is 85.8 Å². The Morgan fingerprint density at radius 2 is 2.13 bits per heavy atom. The summed E-state index contributed by atoms with van der Waals surface area (Å²) in [5.74, 6) is -1.03. The molecule has 1 aliphatic rings. The normalized spacial score (nSPS) is 21.5. The van der Waals surface area contributed by atoms with Crippen molar-refractivity contribution >= 4 is 5.97 Å². The largest absolute Gasteiger partial charge is 0.452 e. The van der Waals surface area contributed by atoms with E-state index in [0.29, 0.717) is 0 Å². The third-order valence-electron chi connectivity index (χ3n) is 2.21. The van der Waals surface area contributed by atoms with Gasteiger partial charge in [0.05, 0.1) is 0 Å². The molecule has 15 heavy (non-hydrogen) atoms. The molecule has 0 bridgehead atoms. The molecule has 0 fully saturated rings. The molecule has 78 valence electrons. The van der Waals surface area contributed by atoms with Crippen molar-refractivity contribution in [3.05, 3.63) is 47.8 Å². The number of hydrogen-bond donors (Lipinski definition) is 1. The van der Waals surface area contributed by atoms with E-state index in [0.717, 1.165) is 0 Å². The number of hydrogen-bond acceptors (Lipinski definition) is 3. The van der Waals surface area contributed by atoms with E-state index >= 15 is 0 Å². The van der Waals surface area contributed by atoms with Gasteiger partial charge in [-0.15, -0.1) is 0 Å². The Balaban J connectivity index is 2.22. The van der Waals surface area contributed by atoms with Crippen LogP contribution in [0, 0.1) is 5.82 Å². The SMILES string of the molecule is O=C1C=CC(C(O)c2ccccc2F)O1. The lowest BCUT2D eigenvalue weighted by atomic mass is 10.0. The first kappa shape index (κ1) is 9.86. The van der Waals surface area contributed by atoms with E-state index in [1.54, 1.807) is 6.07 Å². The highest BCUT2D eigenvalue weighted by molar-refractivity contribution is 5.84. The van der Waals surface area contributed by atoms with E-state index in [1.807, 2.05) is 0 Å². The molecule has 0 amide bonds. The maximum absolute atomic E-state index is 13.3. The minimum absolute atomic E-state index is 0.127. The minimum atomic E-state index is -1.16. The zero-order chi connectivity index (χ0) is 10.8. The van der Waals surface area contributed by atoms with Gasteiger partial charge in [-0.2, -0.15) is 0 Å². The maximum atomic E-state index is 13.3. The van der Waals surface area contributed by atoms with Gasteiger partial charge in [0.1, 0.15) is 11.9 Å². The zero-order valence-corrected chi connectivity index (χ0v) is 7.76. The average molecular weight is 208 g/mol. The molecule has 0 saturated heterocycles. The Morgan fingerprint density at radius 1 is 1.40 bits per heavy atom. The molecule has 0 aromatic heterocycles. The fourth-order valence-corrected chi connectivity index (χ4v) is 1.45. The number of carbonyl (C=O) groups is 1. The van der Waals surface area contributed by atoms with Crippen LogP contribution in [0.1, 0.15) is 11.7 Å². The van der Waals surface area contributed by atoms with Crippen LogP contribution in [0.2, 0.25) is 0 Å². The number of aliphatic hydroxyl groups excluding tert-OH is 1. The van der Waals surface area contributed by atoms with Crippen LogP contribution in [0.3, 0.4) is 0 Å². The quantitative estimate of drug-likeness (QED) is 0.746. The Bertz CT molecular complexity index is 414. The van der Waals surface area contributed by atoms with E-state index in [-0.39, 0.29) is 5.56 Å². The van der Waals surface area contributed by atoms with Crippen LogP contribution in [0.5, 0.6) is 0 Å². The van der Waals surface area contributed by atoms with E-state index in [2.05, 4.69) is 0 Å². The van der Waals surface area contributed by atoms with Gasteiger partial charge in [0.15, 0.2) is 6.10 Å². The van der Waals surface area contributed by atoms with Gasteiger partial charge in [0.25, 0.3) is 0 Å². The predicted molar refractivity (Wildman–Crippen MR) is 50.4 cm³/mol. The molecule has 1 aliphatic heterocycles. The molecule has 2 atom stereocenters. The molecule has 0 spiro atoms. The van der Waals surface area contributed by atoms with Crippen molar-refractivity contribution in [1.29, 1.82) is 0 Å². The topological polar surface area (TPSA) is 46.5 Å². The number of halogens is 1. The lowest BCUT2D eigenvalue weighted by Gasteiger charge is -2.16. The molecular weight excluding hydrogens is 199 g/mol. The standard InChI is InChI=1S/C11H9FO3/c12-8-4-2-1-3-7(8)11(14)9-5-6-10(13)15-9/h1-6,9,11,14H. The summed E-state index contributed by atoms with van der Waals surface area (Å²) in [6.07, 6.45) is 0.678. The van der Waals surface area contributed by atoms with Crippen LogP contribution in [0.4, 0.5) is 4.39 Å². The minimum Gasteiger partial charge on any atom is -0.452 e. The Kier molecular flexibility index (Phi) is 2.51. The second kappa shape index (κ2) is 3.82. The smallest absolute Gasteiger partial charge is 0.331 e. The molecule has 1 aromatic rings. The summed E-state index contributed by atoms with van der Waals surface area (Å²) in [5, 5.41) is 9.75. The van der Waals surface area contributed by atoms with Crippen molar-refractivity contribution in [2.45, 2.75) is 12.2 Å². The lowest BCUT2D eigenvalue weighted by molar-refractivity contribution is -0.142. The predicted octanol–water partition coefficient (Wildman–Crippen LogP) is 1.34. The molecule has 1 heterocycles. The molecule has 0 radical (unpaired) electrons. The number of esters is 1. The Hall–Kier alpha value is -1.68. The number of benzene rings is 1. The molecule has 1 N–H and O–H groups in total. The fourth-order valence-electron chi connectivity index (χ4n) is 1.45. The highest BCUT2D eigenvalue weighted by Gasteiger charge is 2.27. The van der Waals surface area contributed by atoms with Gasteiger partial charge in [-0.3, -0.25) is 0 Å². The first-order valence-electron chi connectivity index (χ1n) is 4.50. The molecule has 0 aliphatic carbocycles. The molecule has 4 heteroatoms. The van der Waals surface area contributed by atoms with Gasteiger partial charge < -0.3 is 9.84 Å². The van der Waals surface area contributed by atoms with Crippen molar-refractivity contribution in [1.82, 2.24) is 0 Å². The monoisotopic (exact) mass is 208 g/mol. The van der Waals surface area contributed by atoms with Gasteiger partial charge >= 0.3 is 5.97 Å². The first-order valence-corrected chi connectivity index (χ1v) is 4.50. The van der Waals surface area contributed by atoms with Gasteiger partial charge in [-0.05, 0) is 12.1 Å². The summed E-state index contributed by atoms with van der Waals surface area (Å²) < 4.78 is 18.0. The summed E-state index contributed by atoms with van der Waals surface area (Å²) >= 11 is 0. The van der Waals surface area contributed by atoms with Gasteiger partial charge in [-0.1, -0.05) is 18.2 Å². The summed E-state index contributed by atoms with van der Waals surface area (Å²) in [6, 6.07) is 5.85. The fraction of sp³-hybridized carbons (Fsp3) is 0.182. The molecule has 2 rings (SSSR count). The average Bonchev–Trinajstić information content (AvgIpc) is 2.65. The summed E-state index contributed by atoms with van der Waals surface area (Å²) in [5.41, 5.74) is 0.127. The number of aliphatic hydroxyl groups is 1. The molecule has 1 aromatic carbocycles. The van der Waals surface area contributed by atoms with Crippen LogP contribution in [-0.2, 0) is 9.53 Å². The Morgan fingerprint density at radius 3 is 2.73 bits per heavy atom. The first-order chi connectivity index (χ1) is 7.18. The molecule has 3 nitrogen and oxygen atoms in total. The van der Waals surface area contributed by atoms with Gasteiger partial charge in [-0.25, -0.2) is 9.18 Å². The van der Waals surface area contributed by atoms with Crippen molar-refractivity contribution in [2.75, 3.05) is 0 Å². The molecular formula is C11H9FO3. The molecule has 0 saturated carbocycles. The second-order valence-electron chi connectivity index (χ2n) is 3.23. The maximum Gasteiger partial charge on any atom is 0.331 e. The number of cyclic esters (lactones) is 1. The van der Waals surface area contributed by atoms with Crippen molar-refractivity contribution in [3.63, 3.8) is 0 Å². The van der Waals surface area contributed by atoms with E-state index in [1.165, 1.54) is 30.4 Å². The van der Waals surface area contributed by atoms with E-state index < -0.39 is 24.0 Å². The van der Waals surface area contributed by atoms with Crippen LogP contribution >= 0.6 is 0 Å². The van der Waals surface area contributed by atoms with Crippen molar-refractivity contribution < 1.29 is 19.0 Å². The highest BCUT2D eigenvalue weighted by atomic mass is 19.1. The zero-order valence-electron chi connectivity index (χ0n) is 7.76. The summed E-state index contributed by atoms with van der Waals surface area (Å²) in [6.45, 7) is 0. The van der Waals surface area contributed by atoms with Gasteiger partial charge in [0.2, 0.25) is 0 Å². The van der Waals surface area contributed by atoms with Crippen LogP contribution < -0.4 is 0 Å². The number of ether oxygens (including phenoxy) is 1. The van der Waals surface area contributed by atoms with Crippen LogP contribution in [0.15, 0.2) is 36.4 Å². The summed E-state index contributed by atoms with van der Waals surface area (Å²) in [7, 11) is 0. The third kappa shape index (κ3) is 1.89.